The number of fused-ring (bicyclic) bond motifs is 5. The number of aromatic nitrogens is 3. The largest absolute Gasteiger partial charge is 0.353 e. The van der Waals surface area contributed by atoms with Crippen molar-refractivity contribution in [2.75, 3.05) is 27.2 Å². The van der Waals surface area contributed by atoms with Crippen LogP contribution in [0.15, 0.2) is 36.5 Å². The molecule has 3 N–H and O–H groups in total. The van der Waals surface area contributed by atoms with Crippen molar-refractivity contribution in [1.29, 1.82) is 0 Å². The molecule has 0 bridgehead atoms. The molecule has 0 aliphatic carbocycles. The van der Waals surface area contributed by atoms with Crippen LogP contribution in [0, 0.1) is 0 Å². The van der Waals surface area contributed by atoms with E-state index in [0.29, 0.717) is 12.1 Å². The van der Waals surface area contributed by atoms with Crippen molar-refractivity contribution in [3.63, 3.8) is 0 Å². The molecule has 2 heterocycles. The van der Waals surface area contributed by atoms with Crippen molar-refractivity contribution in [3.05, 3.63) is 42.1 Å². The van der Waals surface area contributed by atoms with Gasteiger partial charge in [-0.25, -0.2) is 0 Å². The molecule has 0 aliphatic heterocycles. The van der Waals surface area contributed by atoms with Crippen LogP contribution in [0.5, 0.6) is 0 Å². The zero-order valence-electron chi connectivity index (χ0n) is 14.4. The maximum atomic E-state index is 12.4. The van der Waals surface area contributed by atoms with Gasteiger partial charge in [-0.05, 0) is 45.3 Å². The average molecular weight is 335 g/mol. The molecule has 2 aromatic carbocycles. The molecule has 4 rings (SSSR count). The van der Waals surface area contributed by atoms with Crippen LogP contribution in [0.1, 0.15) is 16.8 Å². The van der Waals surface area contributed by atoms with Crippen LogP contribution in [0.25, 0.3) is 32.7 Å². The lowest BCUT2D eigenvalue weighted by Crippen LogP contribution is -2.27. The number of nitrogens with one attached hydrogen (secondary N) is 3. The third kappa shape index (κ3) is 2.85. The number of carbonyl (C=O) groups is 1. The molecule has 6 heteroatoms. The van der Waals surface area contributed by atoms with E-state index < -0.39 is 0 Å². The minimum absolute atomic E-state index is 0.0300. The lowest BCUT2D eigenvalue weighted by Gasteiger charge is -2.10. The van der Waals surface area contributed by atoms with E-state index in [1.54, 1.807) is 0 Å². The fourth-order valence-electron chi connectivity index (χ4n) is 3.22. The number of hydrogen-bond acceptors (Lipinski definition) is 3. The van der Waals surface area contributed by atoms with Crippen molar-refractivity contribution >= 4 is 38.6 Å². The molecule has 0 spiro atoms. The van der Waals surface area contributed by atoms with Gasteiger partial charge in [-0.3, -0.25) is 9.89 Å². The zero-order chi connectivity index (χ0) is 17.4. The highest BCUT2D eigenvalue weighted by Gasteiger charge is 2.12. The van der Waals surface area contributed by atoms with E-state index in [2.05, 4.69) is 31.5 Å². The van der Waals surface area contributed by atoms with Crippen LogP contribution in [-0.2, 0) is 0 Å². The minimum atomic E-state index is -0.0300. The molecule has 0 atom stereocenters. The molecule has 0 saturated carbocycles. The lowest BCUT2D eigenvalue weighted by molar-refractivity contribution is 0.0952. The van der Waals surface area contributed by atoms with Crippen molar-refractivity contribution in [2.24, 2.45) is 0 Å². The molecule has 0 fully saturated rings. The second-order valence-corrected chi connectivity index (χ2v) is 6.62. The lowest BCUT2D eigenvalue weighted by atomic mass is 10.1. The average Bonchev–Trinajstić information content (AvgIpc) is 3.21. The molecule has 25 heavy (non-hydrogen) atoms. The monoisotopic (exact) mass is 335 g/mol. The van der Waals surface area contributed by atoms with Gasteiger partial charge in [0.25, 0.3) is 5.91 Å². The minimum Gasteiger partial charge on any atom is -0.353 e. The smallest absolute Gasteiger partial charge is 0.251 e. The molecular weight excluding hydrogens is 314 g/mol. The first-order valence-corrected chi connectivity index (χ1v) is 8.44. The van der Waals surface area contributed by atoms with Crippen molar-refractivity contribution < 1.29 is 4.79 Å². The third-order valence-electron chi connectivity index (χ3n) is 4.52. The highest BCUT2D eigenvalue weighted by atomic mass is 16.1. The fraction of sp³-hybridized carbons (Fsp3) is 0.263. The molecule has 0 aliphatic rings. The standard InChI is InChI=1S/C19H21N5O/c1-24(2)9-3-8-20-19(25)12-5-7-16-15(10-12)14-6-4-13-11-21-23-17(13)18(14)22-16/h4-7,10-11,22H,3,8-9H2,1-2H3,(H,20,25)(H,21,23). The zero-order valence-corrected chi connectivity index (χ0v) is 14.4. The summed E-state index contributed by atoms with van der Waals surface area (Å²) >= 11 is 0. The molecule has 2 aromatic heterocycles. The molecule has 0 unspecified atom stereocenters. The Morgan fingerprint density at radius 1 is 1.16 bits per heavy atom. The van der Waals surface area contributed by atoms with E-state index in [0.717, 1.165) is 45.7 Å². The van der Waals surface area contributed by atoms with E-state index in [-0.39, 0.29) is 5.91 Å². The van der Waals surface area contributed by atoms with Gasteiger partial charge in [0.15, 0.2) is 0 Å². The summed E-state index contributed by atoms with van der Waals surface area (Å²) in [5, 5.41) is 13.3. The van der Waals surface area contributed by atoms with E-state index in [9.17, 15) is 4.79 Å². The summed E-state index contributed by atoms with van der Waals surface area (Å²) < 4.78 is 0. The molecule has 128 valence electrons. The maximum absolute atomic E-state index is 12.4. The second kappa shape index (κ2) is 6.22. The third-order valence-corrected chi connectivity index (χ3v) is 4.52. The number of carbonyl (C=O) groups excluding carboxylic acids is 1. The molecule has 1 amide bonds. The Balaban J connectivity index is 1.65. The van der Waals surface area contributed by atoms with Crippen LogP contribution < -0.4 is 5.32 Å². The Bertz CT molecular complexity index is 1060. The van der Waals surface area contributed by atoms with Crippen molar-refractivity contribution in [1.82, 2.24) is 25.4 Å². The Kier molecular flexibility index (Phi) is 3.89. The van der Waals surface area contributed by atoms with Gasteiger partial charge in [0.05, 0.1) is 17.2 Å². The molecule has 0 saturated heterocycles. The first-order valence-electron chi connectivity index (χ1n) is 8.44. The van der Waals surface area contributed by atoms with E-state index >= 15 is 0 Å². The first-order chi connectivity index (χ1) is 12.1. The molecule has 6 nitrogen and oxygen atoms in total. The van der Waals surface area contributed by atoms with Gasteiger partial charge in [0, 0.05) is 33.8 Å². The molecule has 0 radical (unpaired) electrons. The Morgan fingerprint density at radius 2 is 2.04 bits per heavy atom. The van der Waals surface area contributed by atoms with Crippen LogP contribution in [0.3, 0.4) is 0 Å². The number of nitrogens with zero attached hydrogens (tertiary/aromatic N) is 2. The van der Waals surface area contributed by atoms with Gasteiger partial charge in [0.2, 0.25) is 0 Å². The normalized spacial score (nSPS) is 11.8. The van der Waals surface area contributed by atoms with Crippen LogP contribution in [-0.4, -0.2) is 53.2 Å². The highest BCUT2D eigenvalue weighted by Crippen LogP contribution is 2.30. The van der Waals surface area contributed by atoms with Crippen LogP contribution in [0.4, 0.5) is 0 Å². The maximum Gasteiger partial charge on any atom is 0.251 e. The van der Waals surface area contributed by atoms with Crippen molar-refractivity contribution in [2.45, 2.75) is 6.42 Å². The summed E-state index contributed by atoms with van der Waals surface area (Å²) in [4.78, 5) is 18.0. The van der Waals surface area contributed by atoms with E-state index in [1.165, 1.54) is 0 Å². The van der Waals surface area contributed by atoms with Crippen LogP contribution in [0.2, 0.25) is 0 Å². The quantitative estimate of drug-likeness (QED) is 0.491. The van der Waals surface area contributed by atoms with Gasteiger partial charge in [-0.15, -0.1) is 0 Å². The summed E-state index contributed by atoms with van der Waals surface area (Å²) in [7, 11) is 4.06. The second-order valence-electron chi connectivity index (χ2n) is 6.62. The number of amides is 1. The summed E-state index contributed by atoms with van der Waals surface area (Å²) in [6, 6.07) is 9.90. The number of H-pyrrole nitrogens is 2. The summed E-state index contributed by atoms with van der Waals surface area (Å²) in [5.41, 5.74) is 3.71. The number of benzene rings is 2. The number of hydrogen-bond donors (Lipinski definition) is 3. The van der Waals surface area contributed by atoms with Crippen molar-refractivity contribution in [3.8, 4) is 0 Å². The highest BCUT2D eigenvalue weighted by molar-refractivity contribution is 6.16. The van der Waals surface area contributed by atoms with Gasteiger partial charge in [-0.1, -0.05) is 12.1 Å². The SMILES string of the molecule is CN(C)CCCNC(=O)c1ccc2[nH]c3c(ccc4cn[nH]c43)c2c1. The Morgan fingerprint density at radius 3 is 2.88 bits per heavy atom. The molecular formula is C19H21N5O. The Hall–Kier alpha value is -2.86. The van der Waals surface area contributed by atoms with Gasteiger partial charge in [0.1, 0.15) is 0 Å². The predicted octanol–water partition coefficient (Wildman–Crippen LogP) is 2.88. The number of aromatic amines is 2. The van der Waals surface area contributed by atoms with Gasteiger partial charge in [-0.2, -0.15) is 5.10 Å². The topological polar surface area (TPSA) is 76.8 Å². The number of rotatable bonds is 5. The summed E-state index contributed by atoms with van der Waals surface area (Å²) in [6.45, 7) is 1.64. The Labute approximate surface area is 145 Å². The summed E-state index contributed by atoms with van der Waals surface area (Å²) in [6.07, 6.45) is 2.75. The first kappa shape index (κ1) is 15.7. The van der Waals surface area contributed by atoms with E-state index in [4.69, 9.17) is 0 Å². The molecule has 4 aromatic rings. The predicted molar refractivity (Wildman–Crippen MR) is 101 cm³/mol. The summed E-state index contributed by atoms with van der Waals surface area (Å²) in [5.74, 6) is -0.0300. The van der Waals surface area contributed by atoms with E-state index in [1.807, 2.05) is 44.6 Å². The fourth-order valence-corrected chi connectivity index (χ4v) is 3.22. The van der Waals surface area contributed by atoms with Gasteiger partial charge < -0.3 is 15.2 Å². The van der Waals surface area contributed by atoms with Crippen LogP contribution >= 0.6 is 0 Å². The van der Waals surface area contributed by atoms with Gasteiger partial charge >= 0.3 is 0 Å².